The maximum atomic E-state index is 11.2. The maximum absolute atomic E-state index is 11.2. The lowest BCUT2D eigenvalue weighted by Crippen LogP contribution is -2.32. The molecule has 1 N–H and O–H groups in total. The summed E-state index contributed by atoms with van der Waals surface area (Å²) in [6.45, 7) is -0.0876. The maximum Gasteiger partial charge on any atom is 0.301 e. The lowest BCUT2D eigenvalue weighted by molar-refractivity contribution is -0.393. The third-order valence-corrected chi connectivity index (χ3v) is 5.55. The second kappa shape index (κ2) is 12.3. The van der Waals surface area contributed by atoms with E-state index in [1.54, 1.807) is 29.2 Å². The van der Waals surface area contributed by atoms with Crippen molar-refractivity contribution in [1.29, 1.82) is 0 Å². The highest BCUT2D eigenvalue weighted by atomic mass is 32.2. The predicted molar refractivity (Wildman–Crippen MR) is 131 cm³/mol. The van der Waals surface area contributed by atoms with Crippen LogP contribution < -0.4 is 10.3 Å². The van der Waals surface area contributed by atoms with Crippen LogP contribution in [-0.2, 0) is 28.6 Å². The zero-order valence-electron chi connectivity index (χ0n) is 19.1. The Hall–Kier alpha value is -3.67. The molecule has 0 spiro atoms. The van der Waals surface area contributed by atoms with Gasteiger partial charge in [-0.3, -0.25) is 34.0 Å². The molecule has 0 saturated heterocycles. The van der Waals surface area contributed by atoms with E-state index in [9.17, 15) is 37.1 Å². The first-order valence-electron chi connectivity index (χ1n) is 10.0. The molecule has 15 nitrogen and oxygen atoms in total. The number of nitrogens with zero attached hydrogens (tertiary/aromatic N) is 4. The predicted octanol–water partition coefficient (Wildman–Crippen LogP) is 1.71. The highest BCUT2D eigenvalue weighted by molar-refractivity contribution is 7.86. The molecule has 2 aromatic carbocycles. The fourth-order valence-corrected chi connectivity index (χ4v) is 3.55. The number of hydrogen-bond donors (Lipinski definition) is 1. The number of hydrogen-bond acceptors (Lipinski definition) is 13. The lowest BCUT2D eigenvalue weighted by atomic mass is 10.2. The molecule has 0 saturated carbocycles. The van der Waals surface area contributed by atoms with Gasteiger partial charge >= 0.3 is 5.69 Å². The van der Waals surface area contributed by atoms with Gasteiger partial charge in [0.25, 0.3) is 25.9 Å². The number of nitro benzene ring substituents is 2. The minimum Gasteiger partial charge on any atom is -0.367 e. The van der Waals surface area contributed by atoms with Gasteiger partial charge in [-0.25, -0.2) is 0 Å². The van der Waals surface area contributed by atoms with Crippen LogP contribution in [0.4, 0.5) is 22.7 Å². The summed E-state index contributed by atoms with van der Waals surface area (Å²) >= 11 is 0. The molecule has 196 valence electrons. The van der Waals surface area contributed by atoms with Crippen LogP contribution in [0.25, 0.3) is 0 Å². The van der Waals surface area contributed by atoms with E-state index in [4.69, 9.17) is 8.37 Å². The summed E-state index contributed by atoms with van der Waals surface area (Å²) in [5, 5.41) is 25.9. The highest BCUT2D eigenvalue weighted by Crippen LogP contribution is 2.28. The molecule has 0 aromatic heterocycles. The minimum atomic E-state index is -3.65. The Labute approximate surface area is 206 Å². The summed E-state index contributed by atoms with van der Waals surface area (Å²) in [5.41, 5.74) is 2.68. The van der Waals surface area contributed by atoms with Gasteiger partial charge in [-0.1, -0.05) is 12.1 Å². The summed E-state index contributed by atoms with van der Waals surface area (Å²) in [4.78, 5) is 22.2. The first-order chi connectivity index (χ1) is 16.7. The van der Waals surface area contributed by atoms with Gasteiger partial charge in [0.05, 0.1) is 47.9 Å². The quantitative estimate of drug-likeness (QED) is 0.156. The van der Waals surface area contributed by atoms with Crippen LogP contribution in [0.1, 0.15) is 5.56 Å². The van der Waals surface area contributed by atoms with Crippen LogP contribution in [0.15, 0.2) is 47.6 Å². The SMILES string of the molecule is CS(=O)(=O)OCCN(CCOS(C)(=O)=O)c1ccc(C=NNc2ccc([N+](=O)[O-])cc2[N+](=O)[O-])cc1. The Morgan fingerprint density at radius 1 is 0.917 bits per heavy atom. The van der Waals surface area contributed by atoms with E-state index in [0.29, 0.717) is 11.3 Å². The molecule has 17 heteroatoms. The zero-order chi connectivity index (χ0) is 26.9. The van der Waals surface area contributed by atoms with Crippen molar-refractivity contribution in [3.63, 3.8) is 0 Å². The molecule has 2 rings (SSSR count). The van der Waals surface area contributed by atoms with Crippen LogP contribution in [-0.4, -0.2) is 71.7 Å². The zero-order valence-corrected chi connectivity index (χ0v) is 20.8. The molecule has 0 heterocycles. The van der Waals surface area contributed by atoms with Crippen molar-refractivity contribution >= 4 is 49.2 Å². The standard InChI is InChI=1S/C19H23N5O10S2/c1-35(29,30)33-11-9-22(10-12-34-36(2,31)32)16-5-3-15(4-6-16)14-20-21-18-8-7-17(23(25)26)13-19(18)24(27)28/h3-8,13-14,21H,9-12H2,1-2H3. The number of anilines is 2. The topological polar surface area (TPSA) is 201 Å². The molecule has 0 radical (unpaired) electrons. The molecular weight excluding hydrogens is 522 g/mol. The number of non-ortho nitro benzene ring substituents is 1. The van der Waals surface area contributed by atoms with E-state index in [2.05, 4.69) is 10.5 Å². The summed E-state index contributed by atoms with van der Waals surface area (Å²) in [6, 6.07) is 9.72. The second-order valence-electron chi connectivity index (χ2n) is 7.22. The molecule has 0 aliphatic heterocycles. The highest BCUT2D eigenvalue weighted by Gasteiger charge is 2.19. The summed E-state index contributed by atoms with van der Waals surface area (Å²) < 4.78 is 54.4. The van der Waals surface area contributed by atoms with Crippen LogP contribution in [0.2, 0.25) is 0 Å². The largest absolute Gasteiger partial charge is 0.367 e. The van der Waals surface area contributed by atoms with Gasteiger partial charge in [0, 0.05) is 24.8 Å². The van der Waals surface area contributed by atoms with Gasteiger partial charge < -0.3 is 4.90 Å². The van der Waals surface area contributed by atoms with E-state index in [-0.39, 0.29) is 32.0 Å². The number of nitrogens with one attached hydrogen (secondary N) is 1. The van der Waals surface area contributed by atoms with Crippen molar-refractivity contribution in [3.8, 4) is 0 Å². The molecule has 0 bridgehead atoms. The van der Waals surface area contributed by atoms with Crippen molar-refractivity contribution in [2.24, 2.45) is 5.10 Å². The van der Waals surface area contributed by atoms with Crippen molar-refractivity contribution in [2.45, 2.75) is 0 Å². The van der Waals surface area contributed by atoms with Gasteiger partial charge in [0.1, 0.15) is 5.69 Å². The summed E-state index contributed by atoms with van der Waals surface area (Å²) in [5.74, 6) is 0. The first kappa shape index (κ1) is 28.6. The molecule has 0 atom stereocenters. The Morgan fingerprint density at radius 3 is 1.94 bits per heavy atom. The van der Waals surface area contributed by atoms with E-state index in [0.717, 1.165) is 24.6 Å². The van der Waals surface area contributed by atoms with Crippen molar-refractivity contribution < 1.29 is 35.0 Å². The number of hydrazone groups is 1. The van der Waals surface area contributed by atoms with Crippen molar-refractivity contribution in [2.75, 3.05) is 49.1 Å². The number of benzene rings is 2. The first-order valence-corrected chi connectivity index (χ1v) is 13.6. The molecule has 0 aliphatic carbocycles. The number of nitro groups is 2. The fourth-order valence-electron chi connectivity index (χ4n) is 2.79. The van der Waals surface area contributed by atoms with E-state index >= 15 is 0 Å². The van der Waals surface area contributed by atoms with E-state index in [1.807, 2.05) is 0 Å². The van der Waals surface area contributed by atoms with Gasteiger partial charge in [-0.15, -0.1) is 0 Å². The third kappa shape index (κ3) is 9.90. The van der Waals surface area contributed by atoms with E-state index in [1.165, 1.54) is 12.3 Å². The molecular formula is C19H23N5O10S2. The Balaban J connectivity index is 2.11. The molecule has 0 unspecified atom stereocenters. The van der Waals surface area contributed by atoms with Crippen LogP contribution in [0.5, 0.6) is 0 Å². The average molecular weight is 546 g/mol. The Kier molecular flexibility index (Phi) is 9.79. The summed E-state index contributed by atoms with van der Waals surface area (Å²) in [6.07, 6.45) is 3.19. The second-order valence-corrected chi connectivity index (χ2v) is 10.5. The minimum absolute atomic E-state index is 0.0404. The molecule has 0 aliphatic rings. The summed E-state index contributed by atoms with van der Waals surface area (Å²) in [7, 11) is -7.31. The fraction of sp³-hybridized carbons (Fsp3) is 0.316. The van der Waals surface area contributed by atoms with Gasteiger partial charge in [-0.2, -0.15) is 21.9 Å². The molecule has 2 aromatic rings. The van der Waals surface area contributed by atoms with E-state index < -0.39 is 41.5 Å². The molecule has 36 heavy (non-hydrogen) atoms. The van der Waals surface area contributed by atoms with Gasteiger partial charge in [-0.05, 0) is 23.8 Å². The van der Waals surface area contributed by atoms with Crippen LogP contribution in [0.3, 0.4) is 0 Å². The Morgan fingerprint density at radius 2 is 1.47 bits per heavy atom. The van der Waals surface area contributed by atoms with Crippen molar-refractivity contribution in [1.82, 2.24) is 0 Å². The van der Waals surface area contributed by atoms with Gasteiger partial charge in [0.15, 0.2) is 0 Å². The normalized spacial score (nSPS) is 11.9. The Bertz CT molecular complexity index is 1290. The smallest absolute Gasteiger partial charge is 0.301 e. The van der Waals surface area contributed by atoms with Crippen molar-refractivity contribution in [3.05, 3.63) is 68.3 Å². The lowest BCUT2D eigenvalue weighted by Gasteiger charge is -2.24. The van der Waals surface area contributed by atoms with Gasteiger partial charge in [0.2, 0.25) is 0 Å². The van der Waals surface area contributed by atoms with Crippen LogP contribution in [0, 0.1) is 20.2 Å². The number of rotatable bonds is 14. The average Bonchev–Trinajstić information content (AvgIpc) is 2.77. The third-order valence-electron chi connectivity index (χ3n) is 4.36. The molecule has 0 amide bonds. The molecule has 0 fully saturated rings. The monoisotopic (exact) mass is 545 g/mol. The van der Waals surface area contributed by atoms with Crippen LogP contribution >= 0.6 is 0 Å².